The van der Waals surface area contributed by atoms with E-state index in [0.717, 1.165) is 21.0 Å². The van der Waals surface area contributed by atoms with Crippen LogP contribution in [0.2, 0.25) is 0 Å². The van der Waals surface area contributed by atoms with Crippen LogP contribution in [-0.2, 0) is 14.8 Å². The Bertz CT molecular complexity index is 1190. The highest BCUT2D eigenvalue weighted by Gasteiger charge is 2.23. The predicted molar refractivity (Wildman–Crippen MR) is 113 cm³/mol. The number of aryl methyl sites for hydroxylation is 2. The number of hydrogen-bond acceptors (Lipinski definition) is 6. The third-order valence-corrected chi connectivity index (χ3v) is 6.31. The second kappa shape index (κ2) is 9.11. The third-order valence-electron chi connectivity index (χ3n) is 4.49. The van der Waals surface area contributed by atoms with E-state index in [1.54, 1.807) is 12.1 Å². The second-order valence-corrected chi connectivity index (χ2v) is 9.06. The first kappa shape index (κ1) is 22.2. The molecule has 0 aliphatic heterocycles. The van der Waals surface area contributed by atoms with Crippen molar-refractivity contribution in [1.82, 2.24) is 20.3 Å². The Kier molecular flexibility index (Phi) is 6.52. The molecule has 0 bridgehead atoms. The van der Waals surface area contributed by atoms with Crippen molar-refractivity contribution < 1.29 is 22.5 Å². The number of aromatic nitrogens is 1. The second-order valence-electron chi connectivity index (χ2n) is 7.02. The molecule has 162 valence electrons. The minimum atomic E-state index is -3.84. The summed E-state index contributed by atoms with van der Waals surface area (Å²) in [5, 5.41) is 3.85. The molecular formula is C21H22N4O5S. The van der Waals surface area contributed by atoms with E-state index < -0.39 is 28.4 Å². The summed E-state index contributed by atoms with van der Waals surface area (Å²) in [4.78, 5) is 24.4. The van der Waals surface area contributed by atoms with Gasteiger partial charge in [-0.15, -0.1) is 0 Å². The van der Waals surface area contributed by atoms with Gasteiger partial charge in [0.1, 0.15) is 5.69 Å². The molecule has 3 aromatic rings. The lowest BCUT2D eigenvalue weighted by atomic mass is 10.1. The lowest BCUT2D eigenvalue weighted by Gasteiger charge is -2.17. The summed E-state index contributed by atoms with van der Waals surface area (Å²) in [7, 11) is -2.56. The lowest BCUT2D eigenvalue weighted by molar-refractivity contribution is -0.121. The van der Waals surface area contributed by atoms with E-state index in [-0.39, 0.29) is 10.7 Å². The summed E-state index contributed by atoms with van der Waals surface area (Å²) in [5.74, 6) is -1.54. The van der Waals surface area contributed by atoms with Crippen LogP contribution in [0, 0.1) is 13.8 Å². The van der Waals surface area contributed by atoms with Gasteiger partial charge in [-0.25, -0.2) is 8.42 Å². The van der Waals surface area contributed by atoms with Gasteiger partial charge in [0.2, 0.25) is 15.8 Å². The topological polar surface area (TPSA) is 122 Å². The van der Waals surface area contributed by atoms with Crippen LogP contribution in [-0.4, -0.2) is 43.3 Å². The van der Waals surface area contributed by atoms with Crippen molar-refractivity contribution in [3.8, 4) is 11.3 Å². The summed E-state index contributed by atoms with van der Waals surface area (Å²) in [5.41, 5.74) is 7.60. The van der Waals surface area contributed by atoms with Crippen LogP contribution < -0.4 is 10.9 Å². The zero-order valence-electron chi connectivity index (χ0n) is 17.2. The number of hydrogen-bond donors (Lipinski definition) is 2. The summed E-state index contributed by atoms with van der Waals surface area (Å²) < 4.78 is 31.0. The Morgan fingerprint density at radius 1 is 0.968 bits per heavy atom. The number of rotatable bonds is 6. The molecule has 0 fully saturated rings. The van der Waals surface area contributed by atoms with Crippen molar-refractivity contribution in [3.63, 3.8) is 0 Å². The van der Waals surface area contributed by atoms with Crippen molar-refractivity contribution >= 4 is 21.8 Å². The molecule has 0 saturated heterocycles. The largest absolute Gasteiger partial charge is 0.350 e. The molecule has 2 N–H and O–H groups in total. The van der Waals surface area contributed by atoms with Gasteiger partial charge in [-0.3, -0.25) is 20.4 Å². The predicted octanol–water partition coefficient (Wildman–Crippen LogP) is 2.04. The first-order chi connectivity index (χ1) is 14.7. The Hall–Kier alpha value is -3.50. The number of nitrogens with one attached hydrogen (secondary N) is 2. The maximum absolute atomic E-state index is 12.5. The van der Waals surface area contributed by atoms with E-state index in [1.165, 1.54) is 25.2 Å². The number of amides is 2. The number of carbonyl (C=O) groups excluding carboxylic acids is 2. The Morgan fingerprint density at radius 3 is 2.16 bits per heavy atom. The van der Waals surface area contributed by atoms with E-state index in [2.05, 4.69) is 16.0 Å². The monoisotopic (exact) mass is 442 g/mol. The van der Waals surface area contributed by atoms with Gasteiger partial charge in [0.15, 0.2) is 0 Å². The molecule has 0 aliphatic rings. The zero-order chi connectivity index (χ0) is 22.6. The highest BCUT2D eigenvalue weighted by Crippen LogP contribution is 2.19. The molecule has 2 amide bonds. The molecule has 0 unspecified atom stereocenters. The van der Waals surface area contributed by atoms with Gasteiger partial charge >= 0.3 is 5.91 Å². The van der Waals surface area contributed by atoms with Gasteiger partial charge in [-0.2, -0.15) is 4.31 Å². The van der Waals surface area contributed by atoms with E-state index in [0.29, 0.717) is 5.69 Å². The molecule has 0 atom stereocenters. The Labute approximate surface area is 180 Å². The average molecular weight is 442 g/mol. The number of hydrazine groups is 1. The fourth-order valence-corrected chi connectivity index (χ4v) is 3.77. The Balaban J connectivity index is 1.56. The fraction of sp³-hybridized carbons (Fsp3) is 0.190. The van der Waals surface area contributed by atoms with Gasteiger partial charge in [-0.1, -0.05) is 52.7 Å². The van der Waals surface area contributed by atoms with Gasteiger partial charge in [0, 0.05) is 18.7 Å². The quantitative estimate of drug-likeness (QED) is 0.564. The van der Waals surface area contributed by atoms with Crippen molar-refractivity contribution in [2.75, 3.05) is 13.6 Å². The van der Waals surface area contributed by atoms with Gasteiger partial charge < -0.3 is 4.52 Å². The van der Waals surface area contributed by atoms with Crippen molar-refractivity contribution in [1.29, 1.82) is 0 Å². The molecule has 0 aliphatic carbocycles. The molecule has 31 heavy (non-hydrogen) atoms. The summed E-state index contributed by atoms with van der Waals surface area (Å²) in [6.07, 6.45) is 0. The number of benzene rings is 2. The maximum atomic E-state index is 12.5. The van der Waals surface area contributed by atoms with E-state index in [9.17, 15) is 18.0 Å². The molecule has 1 heterocycles. The normalized spacial score (nSPS) is 11.4. The minimum absolute atomic E-state index is 0.0720. The maximum Gasteiger partial charge on any atom is 0.308 e. The average Bonchev–Trinajstić information content (AvgIpc) is 3.23. The molecule has 1 aromatic heterocycles. The molecule has 2 aromatic carbocycles. The number of nitrogens with zero attached hydrogens (tertiary/aromatic N) is 2. The van der Waals surface area contributed by atoms with Crippen molar-refractivity contribution in [2.45, 2.75) is 18.7 Å². The molecule has 0 saturated carbocycles. The first-order valence-electron chi connectivity index (χ1n) is 9.33. The molecule has 0 spiro atoms. The Morgan fingerprint density at radius 2 is 1.55 bits per heavy atom. The van der Waals surface area contributed by atoms with Gasteiger partial charge in [0.25, 0.3) is 5.91 Å². The molecule has 3 rings (SSSR count). The molecule has 9 nitrogen and oxygen atoms in total. The first-order valence-corrected chi connectivity index (χ1v) is 10.8. The number of likely N-dealkylation sites (N-methyl/N-ethyl adjacent to an activating group) is 1. The minimum Gasteiger partial charge on any atom is -0.350 e. The SMILES string of the molecule is Cc1ccc(-c2cc(C(=O)NNC(=O)CN(C)S(=O)(=O)c3ccc(C)cc3)on2)cc1. The van der Waals surface area contributed by atoms with Crippen LogP contribution in [0.5, 0.6) is 0 Å². The molecule has 10 heteroatoms. The van der Waals surface area contributed by atoms with Crippen LogP contribution in [0.15, 0.2) is 64.0 Å². The molecular weight excluding hydrogens is 420 g/mol. The highest BCUT2D eigenvalue weighted by atomic mass is 32.2. The lowest BCUT2D eigenvalue weighted by Crippen LogP contribution is -2.46. The highest BCUT2D eigenvalue weighted by molar-refractivity contribution is 7.89. The van der Waals surface area contributed by atoms with Crippen LogP contribution >= 0.6 is 0 Å². The van der Waals surface area contributed by atoms with Crippen molar-refractivity contribution in [3.05, 3.63) is 71.5 Å². The number of carbonyl (C=O) groups is 2. The van der Waals surface area contributed by atoms with Crippen LogP contribution in [0.1, 0.15) is 21.7 Å². The smallest absolute Gasteiger partial charge is 0.308 e. The van der Waals surface area contributed by atoms with Crippen LogP contribution in [0.4, 0.5) is 0 Å². The fourth-order valence-electron chi connectivity index (χ4n) is 2.65. The van der Waals surface area contributed by atoms with E-state index in [4.69, 9.17) is 4.52 Å². The van der Waals surface area contributed by atoms with E-state index >= 15 is 0 Å². The standard InChI is InChI=1S/C21H22N4O5S/c1-14-4-8-16(9-5-14)18-12-19(30-24-18)21(27)23-22-20(26)13-25(3)31(28,29)17-10-6-15(2)7-11-17/h4-12H,13H2,1-3H3,(H,22,26)(H,23,27). The number of sulfonamides is 1. The summed E-state index contributed by atoms with van der Waals surface area (Å²) in [6, 6.07) is 15.2. The third kappa shape index (κ3) is 5.36. The zero-order valence-corrected chi connectivity index (χ0v) is 18.1. The van der Waals surface area contributed by atoms with E-state index in [1.807, 2.05) is 38.1 Å². The van der Waals surface area contributed by atoms with Crippen LogP contribution in [0.3, 0.4) is 0 Å². The van der Waals surface area contributed by atoms with Crippen LogP contribution in [0.25, 0.3) is 11.3 Å². The van der Waals surface area contributed by atoms with Crippen molar-refractivity contribution in [2.24, 2.45) is 0 Å². The van der Waals surface area contributed by atoms with Gasteiger partial charge in [-0.05, 0) is 26.0 Å². The summed E-state index contributed by atoms with van der Waals surface area (Å²) in [6.45, 7) is 3.31. The molecule has 0 radical (unpaired) electrons. The van der Waals surface area contributed by atoms with Gasteiger partial charge in [0.05, 0.1) is 11.4 Å². The summed E-state index contributed by atoms with van der Waals surface area (Å²) >= 11 is 0.